The highest BCUT2D eigenvalue weighted by molar-refractivity contribution is 4.48. The molecule has 0 spiro atoms. The minimum absolute atomic E-state index is 0.295. The lowest BCUT2D eigenvalue weighted by Gasteiger charge is -2.08. The van der Waals surface area contributed by atoms with Crippen LogP contribution < -0.4 is 0 Å². The summed E-state index contributed by atoms with van der Waals surface area (Å²) in [7, 11) is 1.51. The summed E-state index contributed by atoms with van der Waals surface area (Å²) in [6, 6.07) is 0. The van der Waals surface area contributed by atoms with Crippen LogP contribution in [-0.4, -0.2) is 29.8 Å². The van der Waals surface area contributed by atoms with E-state index in [2.05, 4.69) is 5.29 Å². The van der Waals surface area contributed by atoms with Crippen molar-refractivity contribution >= 4 is 0 Å². The number of rotatable bonds is 3. The first-order chi connectivity index (χ1) is 3.66. The molecule has 0 saturated heterocycles. The van der Waals surface area contributed by atoms with Gasteiger partial charge in [0.2, 0.25) is 0 Å². The summed E-state index contributed by atoms with van der Waals surface area (Å²) in [6.45, 7) is 1.89. The Labute approximate surface area is 48.1 Å². The van der Waals surface area contributed by atoms with Gasteiger partial charge in [0.1, 0.15) is 0 Å². The molecule has 4 heteroatoms. The molecule has 1 atom stereocenters. The van der Waals surface area contributed by atoms with Gasteiger partial charge >= 0.3 is 0 Å². The third kappa shape index (κ3) is 3.55. The zero-order valence-corrected chi connectivity index (χ0v) is 5.03. The summed E-state index contributed by atoms with van der Waals surface area (Å²) in [6.07, 6.45) is -0.488. The smallest absolute Gasteiger partial charge is 0.0704 e. The van der Waals surface area contributed by atoms with Crippen molar-refractivity contribution in [3.8, 4) is 0 Å². The number of aliphatic hydroxyl groups excluding tert-OH is 1. The molecular weight excluding hydrogens is 108 g/mol. The fourth-order valence-corrected chi connectivity index (χ4v) is 0.416. The SMILES string of the molecule is C[C@@H](O)CN(C)N=O. The monoisotopic (exact) mass is 118 g/mol. The Morgan fingerprint density at radius 1 is 1.88 bits per heavy atom. The van der Waals surface area contributed by atoms with Crippen molar-refractivity contribution < 1.29 is 5.11 Å². The predicted octanol–water partition coefficient (Wildman–Crippen LogP) is -0.0196. The topological polar surface area (TPSA) is 52.9 Å². The van der Waals surface area contributed by atoms with Crippen molar-refractivity contribution in [3.63, 3.8) is 0 Å². The first kappa shape index (κ1) is 7.36. The zero-order valence-electron chi connectivity index (χ0n) is 5.03. The normalized spacial score (nSPS) is 12.9. The van der Waals surface area contributed by atoms with Gasteiger partial charge in [-0.25, -0.2) is 0 Å². The van der Waals surface area contributed by atoms with Gasteiger partial charge in [0, 0.05) is 7.05 Å². The van der Waals surface area contributed by atoms with E-state index in [1.165, 1.54) is 7.05 Å². The molecule has 0 aromatic carbocycles. The number of hydrogen-bond donors (Lipinski definition) is 1. The molecule has 0 unspecified atom stereocenters. The maximum atomic E-state index is 9.61. The second-order valence-electron chi connectivity index (χ2n) is 1.77. The third-order valence-electron chi connectivity index (χ3n) is 0.668. The lowest BCUT2D eigenvalue weighted by molar-refractivity contribution is 0.143. The molecule has 4 nitrogen and oxygen atoms in total. The van der Waals surface area contributed by atoms with Crippen LogP contribution >= 0.6 is 0 Å². The number of nitroso groups, excluding NO2 is 1. The number of aliphatic hydroxyl groups is 1. The standard InChI is InChI=1S/C4H10N2O2/c1-4(7)3-6(2)5-8/h4,7H,3H2,1-2H3/t4-/m1/s1. The summed E-state index contributed by atoms with van der Waals surface area (Å²) < 4.78 is 0. The summed E-state index contributed by atoms with van der Waals surface area (Å²) >= 11 is 0. The van der Waals surface area contributed by atoms with Crippen LogP contribution in [0.25, 0.3) is 0 Å². The van der Waals surface area contributed by atoms with Crippen LogP contribution in [0, 0.1) is 4.91 Å². The minimum atomic E-state index is -0.488. The Balaban J connectivity index is 3.23. The zero-order chi connectivity index (χ0) is 6.57. The molecular formula is C4H10N2O2. The summed E-state index contributed by atoms with van der Waals surface area (Å²) in [5, 5.41) is 12.3. The minimum Gasteiger partial charge on any atom is -0.392 e. The van der Waals surface area contributed by atoms with Crippen LogP contribution in [0.5, 0.6) is 0 Å². The first-order valence-electron chi connectivity index (χ1n) is 2.39. The quantitative estimate of drug-likeness (QED) is 0.418. The van der Waals surface area contributed by atoms with Crippen LogP contribution in [0.2, 0.25) is 0 Å². The Bertz CT molecular complexity index is 74.4. The van der Waals surface area contributed by atoms with Crippen molar-refractivity contribution in [2.75, 3.05) is 13.6 Å². The molecule has 0 bridgehead atoms. The first-order valence-corrected chi connectivity index (χ1v) is 2.39. The van der Waals surface area contributed by atoms with Gasteiger partial charge in [0.25, 0.3) is 0 Å². The van der Waals surface area contributed by atoms with E-state index < -0.39 is 6.10 Å². The molecule has 0 amide bonds. The fourth-order valence-electron chi connectivity index (χ4n) is 0.416. The van der Waals surface area contributed by atoms with E-state index in [9.17, 15) is 4.91 Å². The van der Waals surface area contributed by atoms with Crippen LogP contribution in [0.3, 0.4) is 0 Å². The van der Waals surface area contributed by atoms with Crippen molar-refractivity contribution in [3.05, 3.63) is 4.91 Å². The molecule has 0 radical (unpaired) electrons. The van der Waals surface area contributed by atoms with Gasteiger partial charge in [-0.15, -0.1) is 4.91 Å². The maximum absolute atomic E-state index is 9.61. The van der Waals surface area contributed by atoms with E-state index in [-0.39, 0.29) is 0 Å². The van der Waals surface area contributed by atoms with E-state index in [4.69, 9.17) is 5.11 Å². The molecule has 1 N–H and O–H groups in total. The van der Waals surface area contributed by atoms with E-state index >= 15 is 0 Å². The third-order valence-corrected chi connectivity index (χ3v) is 0.668. The van der Waals surface area contributed by atoms with Gasteiger partial charge in [-0.3, -0.25) is 5.01 Å². The summed E-state index contributed by atoms with van der Waals surface area (Å²) in [5.74, 6) is 0. The average molecular weight is 118 g/mol. The van der Waals surface area contributed by atoms with Crippen molar-refractivity contribution in [1.29, 1.82) is 0 Å². The molecule has 0 fully saturated rings. The Kier molecular flexibility index (Phi) is 3.10. The largest absolute Gasteiger partial charge is 0.392 e. The Morgan fingerprint density at radius 2 is 2.38 bits per heavy atom. The number of hydrogen-bond acceptors (Lipinski definition) is 3. The van der Waals surface area contributed by atoms with Crippen LogP contribution in [0.4, 0.5) is 0 Å². The lowest BCUT2D eigenvalue weighted by Crippen LogP contribution is -2.21. The molecule has 8 heavy (non-hydrogen) atoms. The highest BCUT2D eigenvalue weighted by atomic mass is 16.3. The van der Waals surface area contributed by atoms with Gasteiger partial charge in [-0.1, -0.05) is 0 Å². The number of nitrogens with zero attached hydrogens (tertiary/aromatic N) is 2. The molecule has 0 aliphatic carbocycles. The second kappa shape index (κ2) is 3.37. The summed E-state index contributed by atoms with van der Waals surface area (Å²) in [5.41, 5.74) is 0. The van der Waals surface area contributed by atoms with E-state index in [0.29, 0.717) is 6.54 Å². The fraction of sp³-hybridized carbons (Fsp3) is 1.00. The van der Waals surface area contributed by atoms with Crippen molar-refractivity contribution in [2.45, 2.75) is 13.0 Å². The molecule has 0 aliphatic rings. The second-order valence-corrected chi connectivity index (χ2v) is 1.77. The number of likely N-dealkylation sites (N-methyl/N-ethyl adjacent to an activating group) is 1. The van der Waals surface area contributed by atoms with Crippen molar-refractivity contribution in [2.24, 2.45) is 5.29 Å². The van der Waals surface area contributed by atoms with Gasteiger partial charge in [0.05, 0.1) is 17.9 Å². The highest BCUT2D eigenvalue weighted by Crippen LogP contribution is 1.85. The van der Waals surface area contributed by atoms with E-state index in [0.717, 1.165) is 5.01 Å². The van der Waals surface area contributed by atoms with Crippen LogP contribution in [0.1, 0.15) is 6.92 Å². The molecule has 48 valence electrons. The predicted molar refractivity (Wildman–Crippen MR) is 30.1 cm³/mol. The van der Waals surface area contributed by atoms with Crippen molar-refractivity contribution in [1.82, 2.24) is 5.01 Å². The molecule has 0 aliphatic heterocycles. The van der Waals surface area contributed by atoms with Crippen LogP contribution in [-0.2, 0) is 0 Å². The Morgan fingerprint density at radius 3 is 2.50 bits per heavy atom. The molecule has 0 aromatic heterocycles. The maximum Gasteiger partial charge on any atom is 0.0704 e. The van der Waals surface area contributed by atoms with E-state index in [1.807, 2.05) is 0 Å². The molecule has 0 saturated carbocycles. The Hall–Kier alpha value is -0.640. The lowest BCUT2D eigenvalue weighted by atomic mass is 10.4. The van der Waals surface area contributed by atoms with E-state index in [1.54, 1.807) is 6.92 Å². The van der Waals surface area contributed by atoms with Gasteiger partial charge in [0.15, 0.2) is 0 Å². The molecule has 0 aromatic rings. The van der Waals surface area contributed by atoms with Gasteiger partial charge in [-0.05, 0) is 6.92 Å². The van der Waals surface area contributed by atoms with Gasteiger partial charge < -0.3 is 5.11 Å². The highest BCUT2D eigenvalue weighted by Gasteiger charge is 1.98. The molecule has 0 rings (SSSR count). The average Bonchev–Trinajstić information content (AvgIpc) is 1.65. The van der Waals surface area contributed by atoms with Crippen LogP contribution in [0.15, 0.2) is 5.29 Å². The molecule has 0 heterocycles. The van der Waals surface area contributed by atoms with Gasteiger partial charge in [-0.2, -0.15) is 0 Å². The summed E-state index contributed by atoms with van der Waals surface area (Å²) in [4.78, 5) is 9.61.